The first kappa shape index (κ1) is 25.9. The standard InChI is InChI=1S/C29H38N4O3/c1-20-15-21(2)17-25(16-20)29(36)33-10-6-8-24(18-33)28(35)32-13-11-31(12-14-32)19-27(34)30-26-9-5-7-22(3)23(26)4/h5,7,9,15-17,24H,6,8,10-14,18-19H2,1-4H3,(H,30,34). The van der Waals surface area contributed by atoms with Crippen molar-refractivity contribution in [1.82, 2.24) is 14.7 Å². The Balaban J connectivity index is 1.27. The van der Waals surface area contributed by atoms with Crippen molar-refractivity contribution in [3.05, 3.63) is 64.2 Å². The second-order valence-electron chi connectivity index (χ2n) is 10.4. The molecule has 0 aromatic heterocycles. The van der Waals surface area contributed by atoms with Gasteiger partial charge in [-0.1, -0.05) is 29.3 Å². The molecule has 4 rings (SSSR count). The molecule has 0 radical (unpaired) electrons. The molecule has 0 saturated carbocycles. The van der Waals surface area contributed by atoms with Crippen LogP contribution in [0.2, 0.25) is 0 Å². The van der Waals surface area contributed by atoms with E-state index in [1.807, 2.05) is 67.8 Å². The SMILES string of the molecule is Cc1cc(C)cc(C(=O)N2CCCC(C(=O)N3CCN(CC(=O)Nc4cccc(C)c4C)CC3)C2)c1. The summed E-state index contributed by atoms with van der Waals surface area (Å²) in [6.45, 7) is 12.1. The van der Waals surface area contributed by atoms with Gasteiger partial charge in [0.15, 0.2) is 0 Å². The van der Waals surface area contributed by atoms with Gasteiger partial charge in [-0.3, -0.25) is 19.3 Å². The van der Waals surface area contributed by atoms with E-state index in [1.165, 1.54) is 0 Å². The average Bonchev–Trinajstić information content (AvgIpc) is 2.86. The normalized spacial score (nSPS) is 18.7. The van der Waals surface area contributed by atoms with E-state index in [0.29, 0.717) is 51.4 Å². The van der Waals surface area contributed by atoms with Crippen molar-refractivity contribution in [3.63, 3.8) is 0 Å². The zero-order chi connectivity index (χ0) is 25.8. The van der Waals surface area contributed by atoms with Crippen LogP contribution < -0.4 is 5.32 Å². The van der Waals surface area contributed by atoms with E-state index in [2.05, 4.69) is 16.3 Å². The number of benzene rings is 2. The number of hydrogen-bond acceptors (Lipinski definition) is 4. The highest BCUT2D eigenvalue weighted by atomic mass is 16.2. The average molecular weight is 491 g/mol. The van der Waals surface area contributed by atoms with Crippen molar-refractivity contribution in [1.29, 1.82) is 0 Å². The van der Waals surface area contributed by atoms with Crippen LogP contribution >= 0.6 is 0 Å². The number of likely N-dealkylation sites (tertiary alicyclic amines) is 1. The molecule has 0 spiro atoms. The van der Waals surface area contributed by atoms with Crippen LogP contribution in [0.3, 0.4) is 0 Å². The molecule has 36 heavy (non-hydrogen) atoms. The fraction of sp³-hybridized carbons (Fsp3) is 0.483. The summed E-state index contributed by atoms with van der Waals surface area (Å²) < 4.78 is 0. The quantitative estimate of drug-likeness (QED) is 0.696. The molecule has 2 aliphatic rings. The molecule has 7 nitrogen and oxygen atoms in total. The van der Waals surface area contributed by atoms with Gasteiger partial charge in [0.1, 0.15) is 0 Å². The lowest BCUT2D eigenvalue weighted by molar-refractivity contribution is -0.138. The van der Waals surface area contributed by atoms with Crippen molar-refractivity contribution >= 4 is 23.4 Å². The van der Waals surface area contributed by atoms with Gasteiger partial charge in [-0.2, -0.15) is 0 Å². The predicted molar refractivity (Wildman–Crippen MR) is 142 cm³/mol. The van der Waals surface area contributed by atoms with Gasteiger partial charge >= 0.3 is 0 Å². The van der Waals surface area contributed by atoms with Crippen LogP contribution in [0.5, 0.6) is 0 Å². The number of aryl methyl sites for hydroxylation is 3. The molecule has 1 unspecified atom stereocenters. The van der Waals surface area contributed by atoms with Gasteiger partial charge in [-0.15, -0.1) is 0 Å². The number of nitrogens with zero attached hydrogens (tertiary/aromatic N) is 3. The molecular formula is C29H38N4O3. The summed E-state index contributed by atoms with van der Waals surface area (Å²) in [6.07, 6.45) is 1.65. The van der Waals surface area contributed by atoms with Crippen LogP contribution in [-0.4, -0.2) is 78.2 Å². The molecule has 2 aromatic carbocycles. The fourth-order valence-electron chi connectivity index (χ4n) is 5.31. The maximum absolute atomic E-state index is 13.3. The third-order valence-electron chi connectivity index (χ3n) is 7.46. The Morgan fingerprint density at radius 2 is 1.58 bits per heavy atom. The Morgan fingerprint density at radius 3 is 2.28 bits per heavy atom. The molecule has 2 saturated heterocycles. The minimum Gasteiger partial charge on any atom is -0.340 e. The van der Waals surface area contributed by atoms with Gasteiger partial charge in [0.25, 0.3) is 5.91 Å². The summed E-state index contributed by atoms with van der Waals surface area (Å²) in [6, 6.07) is 11.8. The van der Waals surface area contributed by atoms with E-state index < -0.39 is 0 Å². The van der Waals surface area contributed by atoms with E-state index in [1.54, 1.807) is 0 Å². The highest BCUT2D eigenvalue weighted by Crippen LogP contribution is 2.23. The molecule has 2 heterocycles. The lowest BCUT2D eigenvalue weighted by Gasteiger charge is -2.39. The second-order valence-corrected chi connectivity index (χ2v) is 10.4. The Kier molecular flexibility index (Phi) is 8.09. The highest BCUT2D eigenvalue weighted by Gasteiger charge is 2.33. The maximum Gasteiger partial charge on any atom is 0.253 e. The van der Waals surface area contributed by atoms with E-state index in [4.69, 9.17) is 0 Å². The Morgan fingerprint density at radius 1 is 0.889 bits per heavy atom. The molecule has 1 atom stereocenters. The zero-order valence-corrected chi connectivity index (χ0v) is 22.0. The Labute approximate surface area is 214 Å². The largest absolute Gasteiger partial charge is 0.340 e. The van der Waals surface area contributed by atoms with Crippen LogP contribution in [0.1, 0.15) is 45.5 Å². The summed E-state index contributed by atoms with van der Waals surface area (Å²) in [7, 11) is 0. The van der Waals surface area contributed by atoms with Crippen molar-refractivity contribution < 1.29 is 14.4 Å². The van der Waals surface area contributed by atoms with Gasteiger partial charge in [-0.25, -0.2) is 0 Å². The number of carbonyl (C=O) groups is 3. The third-order valence-corrected chi connectivity index (χ3v) is 7.46. The van der Waals surface area contributed by atoms with E-state index >= 15 is 0 Å². The molecule has 192 valence electrons. The molecule has 2 aromatic rings. The number of carbonyl (C=O) groups excluding carboxylic acids is 3. The van der Waals surface area contributed by atoms with Crippen molar-refractivity contribution in [3.8, 4) is 0 Å². The summed E-state index contributed by atoms with van der Waals surface area (Å²) in [5.41, 5.74) is 5.93. The number of piperidine rings is 1. The monoisotopic (exact) mass is 490 g/mol. The maximum atomic E-state index is 13.3. The van der Waals surface area contributed by atoms with Crippen LogP contribution in [0.4, 0.5) is 5.69 Å². The molecule has 1 N–H and O–H groups in total. The van der Waals surface area contributed by atoms with Gasteiger partial charge < -0.3 is 15.1 Å². The Hall–Kier alpha value is -3.19. The number of piperazine rings is 1. The molecule has 3 amide bonds. The highest BCUT2D eigenvalue weighted by molar-refractivity contribution is 5.95. The van der Waals surface area contributed by atoms with Crippen LogP contribution in [0.25, 0.3) is 0 Å². The molecule has 0 bridgehead atoms. The van der Waals surface area contributed by atoms with Gasteiger partial charge in [0.05, 0.1) is 12.5 Å². The van der Waals surface area contributed by atoms with E-state index in [-0.39, 0.29) is 23.6 Å². The van der Waals surface area contributed by atoms with Crippen LogP contribution in [0, 0.1) is 33.6 Å². The summed E-state index contributed by atoms with van der Waals surface area (Å²) >= 11 is 0. The first-order valence-corrected chi connectivity index (χ1v) is 13.0. The third kappa shape index (κ3) is 6.13. The number of hydrogen-bond donors (Lipinski definition) is 1. The lowest BCUT2D eigenvalue weighted by atomic mass is 9.95. The molecule has 2 aliphatic heterocycles. The second kappa shape index (κ2) is 11.2. The zero-order valence-electron chi connectivity index (χ0n) is 22.0. The number of nitrogens with one attached hydrogen (secondary N) is 1. The number of amides is 3. The van der Waals surface area contributed by atoms with Gasteiger partial charge in [-0.05, 0) is 69.9 Å². The van der Waals surface area contributed by atoms with E-state index in [9.17, 15) is 14.4 Å². The van der Waals surface area contributed by atoms with Crippen molar-refractivity contribution in [2.24, 2.45) is 5.92 Å². The topological polar surface area (TPSA) is 73.0 Å². The predicted octanol–water partition coefficient (Wildman–Crippen LogP) is 3.56. The summed E-state index contributed by atoms with van der Waals surface area (Å²) in [5, 5.41) is 3.02. The minimum absolute atomic E-state index is 0.0129. The minimum atomic E-state index is -0.159. The number of rotatable bonds is 5. The van der Waals surface area contributed by atoms with Crippen molar-refractivity contribution in [2.45, 2.75) is 40.5 Å². The first-order valence-electron chi connectivity index (χ1n) is 13.0. The summed E-state index contributed by atoms with van der Waals surface area (Å²) in [5.74, 6) is -0.0459. The van der Waals surface area contributed by atoms with Crippen LogP contribution in [-0.2, 0) is 9.59 Å². The van der Waals surface area contributed by atoms with Gasteiger partial charge in [0, 0.05) is 50.5 Å². The molecule has 7 heteroatoms. The van der Waals surface area contributed by atoms with Gasteiger partial charge in [0.2, 0.25) is 11.8 Å². The van der Waals surface area contributed by atoms with E-state index in [0.717, 1.165) is 40.8 Å². The van der Waals surface area contributed by atoms with Crippen LogP contribution in [0.15, 0.2) is 36.4 Å². The Bertz CT molecular complexity index is 1120. The molecular weight excluding hydrogens is 452 g/mol. The summed E-state index contributed by atoms with van der Waals surface area (Å²) in [4.78, 5) is 44.9. The fourth-order valence-corrected chi connectivity index (χ4v) is 5.31. The molecule has 2 fully saturated rings. The first-order chi connectivity index (χ1) is 17.2. The lowest BCUT2D eigenvalue weighted by Crippen LogP contribution is -2.54. The number of anilines is 1. The molecule has 0 aliphatic carbocycles. The van der Waals surface area contributed by atoms with Crippen molar-refractivity contribution in [2.75, 3.05) is 51.1 Å². The smallest absolute Gasteiger partial charge is 0.253 e.